The lowest BCUT2D eigenvalue weighted by atomic mass is 9.71. The predicted molar refractivity (Wildman–Crippen MR) is 282 cm³/mol. The van der Waals surface area contributed by atoms with Gasteiger partial charge >= 0.3 is 6.09 Å². The first kappa shape index (κ1) is 46.8. The molecule has 4 saturated heterocycles. The number of ether oxygens (including phenoxy) is 2. The van der Waals surface area contributed by atoms with Crippen molar-refractivity contribution in [3.05, 3.63) is 101 Å². The van der Waals surface area contributed by atoms with E-state index in [4.69, 9.17) is 19.6 Å². The fourth-order valence-electron chi connectivity index (χ4n) is 12.2. The van der Waals surface area contributed by atoms with Crippen LogP contribution in [0.15, 0.2) is 73.1 Å². The van der Waals surface area contributed by atoms with Crippen molar-refractivity contribution in [3.63, 3.8) is 0 Å². The Morgan fingerprint density at radius 2 is 1.63 bits per heavy atom. The van der Waals surface area contributed by atoms with Crippen molar-refractivity contribution >= 4 is 63.2 Å². The van der Waals surface area contributed by atoms with E-state index in [2.05, 4.69) is 95.7 Å². The second kappa shape index (κ2) is 18.0. The second-order valence-corrected chi connectivity index (χ2v) is 22.1. The standard InChI is InChI=1S/C56H64N12O5/c1-34-26-40(14-15-41(34)42-8-7-9-43-48(62-63(6)50(42)43)44-16-17-47(69)61-51(44)70)67-32-56(33-67)30-66(31-56)39-19-22-64(23-20-39)38-12-10-37(11-13-38)59-53-58-27-36-18-21-65(29-45(36)60-53)46-28-57-52-49(35(46)2)68(24-25-72-52)54(71)73-55(3,4)5/h7-15,26-28,39,44H,16-25,29-33H2,1-6H3,(H,58,59,60)(H,61,69,70). The highest BCUT2D eigenvalue weighted by Crippen LogP contribution is 2.46. The van der Waals surface area contributed by atoms with Crippen LogP contribution in [0.1, 0.15) is 80.5 Å². The number of piperidine rings is 2. The van der Waals surface area contributed by atoms with Crippen LogP contribution in [0.3, 0.4) is 0 Å². The van der Waals surface area contributed by atoms with Gasteiger partial charge in [0.05, 0.1) is 47.8 Å². The number of likely N-dealkylation sites (tertiary alicyclic amines) is 1. The Morgan fingerprint density at radius 3 is 2.38 bits per heavy atom. The van der Waals surface area contributed by atoms with Crippen molar-refractivity contribution in [2.75, 3.05) is 83.9 Å². The maximum atomic E-state index is 13.2. The van der Waals surface area contributed by atoms with E-state index in [-0.39, 0.29) is 11.8 Å². The molecule has 0 bridgehead atoms. The number of fused-ring (bicyclic) bond motifs is 3. The summed E-state index contributed by atoms with van der Waals surface area (Å²) in [5, 5.41) is 11.7. The second-order valence-electron chi connectivity index (χ2n) is 22.1. The van der Waals surface area contributed by atoms with Gasteiger partial charge in [0, 0.05) is 111 Å². The number of aryl methyl sites for hydroxylation is 2. The van der Waals surface area contributed by atoms with Crippen LogP contribution in [-0.4, -0.2) is 118 Å². The molecule has 6 aliphatic rings. The van der Waals surface area contributed by atoms with Crippen molar-refractivity contribution in [2.45, 2.75) is 90.8 Å². The minimum Gasteiger partial charge on any atom is -0.474 e. The zero-order chi connectivity index (χ0) is 50.3. The van der Waals surface area contributed by atoms with Crippen LogP contribution >= 0.6 is 0 Å². The number of hydrogen-bond donors (Lipinski definition) is 2. The molecule has 73 heavy (non-hydrogen) atoms. The van der Waals surface area contributed by atoms with Crippen LogP contribution < -0.4 is 35.0 Å². The first-order chi connectivity index (χ1) is 35.2. The molecule has 17 nitrogen and oxygen atoms in total. The van der Waals surface area contributed by atoms with Gasteiger partial charge < -0.3 is 29.5 Å². The number of benzene rings is 3. The van der Waals surface area contributed by atoms with Gasteiger partial charge in [0.1, 0.15) is 17.9 Å². The lowest BCUT2D eigenvalue weighted by molar-refractivity contribution is -0.134. The summed E-state index contributed by atoms with van der Waals surface area (Å²) in [5.41, 5.74) is 13.0. The number of imide groups is 1. The predicted octanol–water partition coefficient (Wildman–Crippen LogP) is 7.79. The lowest BCUT2D eigenvalue weighted by Crippen LogP contribution is -2.74. The smallest absolute Gasteiger partial charge is 0.415 e. The van der Waals surface area contributed by atoms with Gasteiger partial charge in [-0.2, -0.15) is 5.10 Å². The number of carbonyl (C=O) groups is 3. The lowest BCUT2D eigenvalue weighted by Gasteiger charge is -2.63. The number of aromatic nitrogens is 5. The van der Waals surface area contributed by atoms with E-state index in [1.807, 2.05) is 64.0 Å². The summed E-state index contributed by atoms with van der Waals surface area (Å²) in [7, 11) is 1.94. The number of anilines is 6. The molecular weight excluding hydrogens is 921 g/mol. The highest BCUT2D eigenvalue weighted by molar-refractivity contribution is 6.04. The Bertz CT molecular complexity index is 3160. The Kier molecular flexibility index (Phi) is 11.6. The Morgan fingerprint density at radius 1 is 0.849 bits per heavy atom. The number of nitrogens with one attached hydrogen (secondary N) is 2. The molecule has 0 aliphatic carbocycles. The monoisotopic (exact) mass is 985 g/mol. The zero-order valence-electron chi connectivity index (χ0n) is 42.7. The van der Waals surface area contributed by atoms with E-state index in [1.54, 1.807) is 4.90 Å². The normalized spacial score (nSPS) is 20.0. The van der Waals surface area contributed by atoms with E-state index >= 15 is 0 Å². The highest BCUT2D eigenvalue weighted by Gasteiger charge is 2.53. The fourth-order valence-corrected chi connectivity index (χ4v) is 12.2. The Hall–Kier alpha value is -7.27. The molecule has 3 amide bonds. The minimum absolute atomic E-state index is 0.216. The summed E-state index contributed by atoms with van der Waals surface area (Å²) < 4.78 is 13.5. The van der Waals surface area contributed by atoms with Crippen LogP contribution in [-0.2, 0) is 34.3 Å². The molecule has 6 aliphatic heterocycles. The number of para-hydroxylation sites is 1. The van der Waals surface area contributed by atoms with Gasteiger partial charge in [-0.1, -0.05) is 24.3 Å². The molecule has 3 aromatic heterocycles. The summed E-state index contributed by atoms with van der Waals surface area (Å²) in [6, 6.07) is 22.3. The molecule has 1 atom stereocenters. The summed E-state index contributed by atoms with van der Waals surface area (Å²) in [6.07, 6.45) is 7.30. The molecule has 1 unspecified atom stereocenters. The number of nitrogens with zero attached hydrogens (tertiary/aromatic N) is 10. The van der Waals surface area contributed by atoms with Crippen LogP contribution in [0, 0.1) is 19.3 Å². The van der Waals surface area contributed by atoms with E-state index in [0.29, 0.717) is 61.5 Å². The van der Waals surface area contributed by atoms with Crippen molar-refractivity contribution in [1.82, 2.24) is 34.9 Å². The molecule has 12 rings (SSSR count). The van der Waals surface area contributed by atoms with Crippen molar-refractivity contribution in [2.24, 2.45) is 12.5 Å². The molecule has 9 heterocycles. The van der Waals surface area contributed by atoms with Crippen LogP contribution in [0.4, 0.5) is 39.2 Å². The summed E-state index contributed by atoms with van der Waals surface area (Å²) in [5.74, 6) is 0.0996. The van der Waals surface area contributed by atoms with Gasteiger partial charge in [-0.05, 0) is 113 Å². The third-order valence-electron chi connectivity index (χ3n) is 15.9. The van der Waals surface area contributed by atoms with Crippen LogP contribution in [0.2, 0.25) is 0 Å². The average Bonchev–Trinajstić information content (AvgIpc) is 3.68. The topological polar surface area (TPSA) is 166 Å². The molecule has 3 aromatic carbocycles. The van der Waals surface area contributed by atoms with Gasteiger partial charge in [0.25, 0.3) is 0 Å². The largest absolute Gasteiger partial charge is 0.474 e. The quantitative estimate of drug-likeness (QED) is 0.142. The maximum absolute atomic E-state index is 13.2. The van der Waals surface area contributed by atoms with Crippen LogP contribution in [0.5, 0.6) is 5.88 Å². The minimum atomic E-state index is -0.617. The maximum Gasteiger partial charge on any atom is 0.415 e. The molecule has 6 aromatic rings. The number of rotatable bonds is 8. The Balaban J connectivity index is 0.624. The molecule has 4 fully saturated rings. The van der Waals surface area contributed by atoms with Gasteiger partial charge in [0.15, 0.2) is 0 Å². The van der Waals surface area contributed by atoms with Crippen molar-refractivity contribution in [1.29, 1.82) is 0 Å². The van der Waals surface area contributed by atoms with E-state index in [1.165, 1.54) is 30.0 Å². The third-order valence-corrected chi connectivity index (χ3v) is 15.9. The van der Waals surface area contributed by atoms with Gasteiger partial charge in [-0.25, -0.2) is 19.7 Å². The molecule has 0 radical (unpaired) electrons. The van der Waals surface area contributed by atoms with E-state index in [9.17, 15) is 14.4 Å². The van der Waals surface area contributed by atoms with Crippen molar-refractivity contribution in [3.8, 4) is 17.0 Å². The van der Waals surface area contributed by atoms with Gasteiger partial charge in [0.2, 0.25) is 23.6 Å². The molecule has 1 spiro atoms. The average molecular weight is 985 g/mol. The molecule has 2 N–H and O–H groups in total. The highest BCUT2D eigenvalue weighted by atomic mass is 16.6. The number of amides is 3. The van der Waals surface area contributed by atoms with Gasteiger partial charge in [-0.3, -0.25) is 29.4 Å². The number of hydrogen-bond acceptors (Lipinski definition) is 14. The number of carbonyl (C=O) groups excluding carboxylic acids is 3. The first-order valence-corrected chi connectivity index (χ1v) is 25.9. The van der Waals surface area contributed by atoms with E-state index < -0.39 is 17.6 Å². The summed E-state index contributed by atoms with van der Waals surface area (Å²) >= 11 is 0. The first-order valence-electron chi connectivity index (χ1n) is 25.9. The van der Waals surface area contributed by atoms with E-state index in [0.717, 1.165) is 108 Å². The number of pyridine rings is 1. The van der Waals surface area contributed by atoms with Crippen molar-refractivity contribution < 1.29 is 23.9 Å². The third kappa shape index (κ3) is 8.74. The molecule has 378 valence electrons. The fraction of sp³-hybridized carbons (Fsp3) is 0.446. The summed E-state index contributed by atoms with van der Waals surface area (Å²) in [6.45, 7) is 18.5. The molecule has 17 heteroatoms. The molecular formula is C56H64N12O5. The zero-order valence-corrected chi connectivity index (χ0v) is 42.7. The SMILES string of the molecule is Cc1cc(N2CC3(C2)CN(C2CCN(c4ccc(Nc5ncc6c(n5)CN(c5cnc7c(c5C)N(C(=O)OC(C)(C)C)CCO7)CC6)cc4)CC2)C3)ccc1-c1cccc2c(C3CCC(=O)NC3=O)nn(C)c12. The summed E-state index contributed by atoms with van der Waals surface area (Å²) in [4.78, 5) is 63.9. The van der Waals surface area contributed by atoms with Crippen LogP contribution in [0.25, 0.3) is 22.0 Å². The van der Waals surface area contributed by atoms with Gasteiger partial charge in [-0.15, -0.1) is 0 Å². The molecule has 0 saturated carbocycles. The Labute approximate surface area is 425 Å².